The molecule has 0 aromatic heterocycles. The van der Waals surface area contributed by atoms with Gasteiger partial charge in [-0.05, 0) is 43.7 Å². The summed E-state index contributed by atoms with van der Waals surface area (Å²) in [6.45, 7) is 1.91. The Kier molecular flexibility index (Phi) is 13.2. The van der Waals surface area contributed by atoms with Crippen molar-refractivity contribution in [2.24, 2.45) is 0 Å². The van der Waals surface area contributed by atoms with Gasteiger partial charge in [0.05, 0.1) is 0 Å². The third-order valence-electron chi connectivity index (χ3n) is 4.15. The van der Waals surface area contributed by atoms with Crippen molar-refractivity contribution < 1.29 is 29.6 Å². The van der Waals surface area contributed by atoms with Crippen molar-refractivity contribution in [1.29, 1.82) is 0 Å². The number of aliphatic hydroxyl groups is 1. The number of thioether (sulfide) groups is 1. The molecule has 4 N–H and O–H groups in total. The number of para-hydroxylation sites is 1. The van der Waals surface area contributed by atoms with Gasteiger partial charge in [-0.2, -0.15) is 11.8 Å². The fourth-order valence-corrected chi connectivity index (χ4v) is 4.03. The maximum absolute atomic E-state index is 9.88. The molecule has 1 aromatic rings. The van der Waals surface area contributed by atoms with Gasteiger partial charge >= 0.3 is 11.9 Å². The lowest BCUT2D eigenvalue weighted by Crippen LogP contribution is -2.32. The number of carboxylic acids is 2. The van der Waals surface area contributed by atoms with E-state index in [2.05, 4.69) is 17.1 Å². The molecule has 1 aromatic carbocycles. The molecule has 1 aliphatic carbocycles. The van der Waals surface area contributed by atoms with Crippen molar-refractivity contribution in [3.63, 3.8) is 0 Å². The number of aliphatic hydroxyl groups excluding tert-OH is 1. The second-order valence-corrected chi connectivity index (χ2v) is 7.98. The van der Waals surface area contributed by atoms with Gasteiger partial charge in [0.2, 0.25) is 0 Å². The first-order valence-corrected chi connectivity index (χ1v) is 10.7. The summed E-state index contributed by atoms with van der Waals surface area (Å²) in [4.78, 5) is 18.2. The summed E-state index contributed by atoms with van der Waals surface area (Å²) in [6.07, 6.45) is 7.81. The molecule has 1 atom stereocenters. The fraction of sp³-hybridized carbons (Fsp3) is 0.600. The minimum Gasteiger partial charge on any atom is -0.491 e. The first-order chi connectivity index (χ1) is 13.5. The Labute approximate surface area is 170 Å². The van der Waals surface area contributed by atoms with Crippen LogP contribution in [-0.4, -0.2) is 64.1 Å². The first kappa shape index (κ1) is 24.3. The highest BCUT2D eigenvalue weighted by Crippen LogP contribution is 2.28. The van der Waals surface area contributed by atoms with Gasteiger partial charge in [-0.1, -0.05) is 37.5 Å². The van der Waals surface area contributed by atoms with E-state index in [-0.39, 0.29) is 0 Å². The van der Waals surface area contributed by atoms with Crippen LogP contribution in [0.3, 0.4) is 0 Å². The number of nitrogens with one attached hydrogen (secondary N) is 1. The molecular formula is C20H31NO6S. The standard InChI is InChI=1S/C18H29NO2S.C2H2O4/c20-16(15-21-17-8-3-1-4-9-17)14-19-12-7-13-22-18-10-5-2-6-11-18;3-1(4)2(5)6/h1,3-4,8-9,16,18-20H,2,5-7,10-15H2;(H,3,4)(H,5,6). The molecule has 0 heterocycles. The molecule has 1 fully saturated rings. The molecule has 0 spiro atoms. The summed E-state index contributed by atoms with van der Waals surface area (Å²) in [5.41, 5.74) is 0. The van der Waals surface area contributed by atoms with E-state index >= 15 is 0 Å². The van der Waals surface area contributed by atoms with Gasteiger partial charge in [0, 0.05) is 11.8 Å². The quantitative estimate of drug-likeness (QED) is 0.342. The fourth-order valence-electron chi connectivity index (χ4n) is 2.72. The van der Waals surface area contributed by atoms with E-state index < -0.39 is 18.0 Å². The highest BCUT2D eigenvalue weighted by molar-refractivity contribution is 7.99. The topological polar surface area (TPSA) is 116 Å². The predicted octanol–water partition coefficient (Wildman–Crippen LogP) is 2.63. The summed E-state index contributed by atoms with van der Waals surface area (Å²) in [6, 6.07) is 9.63. The van der Waals surface area contributed by atoms with Crippen LogP contribution in [0, 0.1) is 0 Å². The van der Waals surface area contributed by atoms with Crippen molar-refractivity contribution >= 4 is 23.7 Å². The summed E-state index contributed by atoms with van der Waals surface area (Å²) < 4.78 is 5.53. The Morgan fingerprint density at radius 3 is 2.36 bits per heavy atom. The van der Waals surface area contributed by atoms with Crippen LogP contribution >= 0.6 is 11.8 Å². The van der Waals surface area contributed by atoms with Crippen LogP contribution in [0.15, 0.2) is 30.3 Å². The molecule has 7 nitrogen and oxygen atoms in total. The first-order valence-electron chi connectivity index (χ1n) is 9.63. The third kappa shape index (κ3) is 12.6. The summed E-state index contributed by atoms with van der Waals surface area (Å²) in [5, 5.41) is 28.9. The molecule has 0 bridgehead atoms. The lowest BCUT2D eigenvalue weighted by Gasteiger charge is -2.20. The van der Waals surface area contributed by atoms with E-state index in [0.717, 1.165) is 17.5 Å². The van der Waals surface area contributed by atoms with Crippen LogP contribution in [0.5, 0.6) is 5.75 Å². The summed E-state index contributed by atoms with van der Waals surface area (Å²) >= 11 is 2.14. The van der Waals surface area contributed by atoms with Gasteiger partial charge < -0.3 is 25.4 Å². The number of carboxylic acid groups (broad SMARTS) is 2. The zero-order valence-electron chi connectivity index (χ0n) is 16.1. The molecule has 8 heteroatoms. The number of hydrogen-bond donors (Lipinski definition) is 4. The number of hydrogen-bond acceptors (Lipinski definition) is 6. The van der Waals surface area contributed by atoms with Crippen LogP contribution in [0.2, 0.25) is 0 Å². The molecule has 158 valence electrons. The number of carbonyl (C=O) groups is 2. The molecule has 0 radical (unpaired) electrons. The van der Waals surface area contributed by atoms with Crippen LogP contribution in [0.25, 0.3) is 0 Å². The van der Waals surface area contributed by atoms with Crippen molar-refractivity contribution in [3.8, 4) is 5.75 Å². The molecule has 2 rings (SSSR count). The highest BCUT2D eigenvalue weighted by Gasteiger charge is 2.13. The third-order valence-corrected chi connectivity index (χ3v) is 5.62. The van der Waals surface area contributed by atoms with E-state index in [1.54, 1.807) is 0 Å². The molecule has 0 aliphatic heterocycles. The largest absolute Gasteiger partial charge is 0.491 e. The molecule has 0 saturated heterocycles. The van der Waals surface area contributed by atoms with Crippen molar-refractivity contribution in [1.82, 2.24) is 5.32 Å². The SMILES string of the molecule is O=C(O)C(=O)O.OC(CNCCCSC1CCCCC1)COc1ccccc1. The average Bonchev–Trinajstić information content (AvgIpc) is 2.71. The average molecular weight is 414 g/mol. The van der Waals surface area contributed by atoms with Gasteiger partial charge in [-0.15, -0.1) is 0 Å². The van der Waals surface area contributed by atoms with Crippen molar-refractivity contribution in [2.45, 2.75) is 49.9 Å². The Morgan fingerprint density at radius 1 is 1.11 bits per heavy atom. The highest BCUT2D eigenvalue weighted by atomic mass is 32.2. The Bertz CT molecular complexity index is 539. The van der Waals surface area contributed by atoms with Crippen LogP contribution in [0.4, 0.5) is 0 Å². The van der Waals surface area contributed by atoms with E-state index in [1.807, 2.05) is 30.3 Å². The van der Waals surface area contributed by atoms with E-state index in [4.69, 9.17) is 24.5 Å². The number of benzene rings is 1. The monoisotopic (exact) mass is 413 g/mol. The minimum atomic E-state index is -1.82. The van der Waals surface area contributed by atoms with Crippen molar-refractivity contribution in [2.75, 3.05) is 25.4 Å². The van der Waals surface area contributed by atoms with Gasteiger partial charge in [0.1, 0.15) is 18.5 Å². The Hall–Kier alpha value is -1.77. The Morgan fingerprint density at radius 2 is 1.75 bits per heavy atom. The van der Waals surface area contributed by atoms with Gasteiger partial charge in [-0.25, -0.2) is 9.59 Å². The van der Waals surface area contributed by atoms with Gasteiger partial charge in [-0.3, -0.25) is 0 Å². The number of aliphatic carboxylic acids is 2. The molecular weight excluding hydrogens is 382 g/mol. The number of ether oxygens (including phenoxy) is 1. The van der Waals surface area contributed by atoms with Crippen LogP contribution in [0.1, 0.15) is 38.5 Å². The van der Waals surface area contributed by atoms with E-state index in [1.165, 1.54) is 44.3 Å². The summed E-state index contributed by atoms with van der Waals surface area (Å²) in [5.74, 6) is -1.61. The maximum Gasteiger partial charge on any atom is 0.414 e. The Balaban J connectivity index is 0.000000568. The summed E-state index contributed by atoms with van der Waals surface area (Å²) in [7, 11) is 0. The zero-order chi connectivity index (χ0) is 20.6. The lowest BCUT2D eigenvalue weighted by molar-refractivity contribution is -0.159. The maximum atomic E-state index is 9.88. The zero-order valence-corrected chi connectivity index (χ0v) is 16.9. The molecule has 0 amide bonds. The molecule has 28 heavy (non-hydrogen) atoms. The molecule has 1 unspecified atom stereocenters. The van der Waals surface area contributed by atoms with E-state index in [0.29, 0.717) is 13.2 Å². The molecule has 1 saturated carbocycles. The normalized spacial score (nSPS) is 15.2. The van der Waals surface area contributed by atoms with Crippen LogP contribution in [-0.2, 0) is 9.59 Å². The van der Waals surface area contributed by atoms with Crippen LogP contribution < -0.4 is 10.1 Å². The van der Waals surface area contributed by atoms with E-state index in [9.17, 15) is 5.11 Å². The van der Waals surface area contributed by atoms with Gasteiger partial charge in [0.25, 0.3) is 0 Å². The second kappa shape index (κ2) is 15.2. The number of rotatable bonds is 10. The van der Waals surface area contributed by atoms with Crippen molar-refractivity contribution in [3.05, 3.63) is 30.3 Å². The predicted molar refractivity (Wildman–Crippen MR) is 110 cm³/mol. The molecule has 1 aliphatic rings. The lowest BCUT2D eigenvalue weighted by atomic mass is 10.0. The second-order valence-electron chi connectivity index (χ2n) is 6.58. The van der Waals surface area contributed by atoms with Gasteiger partial charge in [0.15, 0.2) is 0 Å². The smallest absolute Gasteiger partial charge is 0.414 e. The minimum absolute atomic E-state index is 0.341.